The zero-order chi connectivity index (χ0) is 13.6. The summed E-state index contributed by atoms with van der Waals surface area (Å²) in [6, 6.07) is 10.3. The maximum Gasteiger partial charge on any atom is 0.332 e. The van der Waals surface area contributed by atoms with Gasteiger partial charge in [0.1, 0.15) is 0 Å². The Balaban J connectivity index is 0.000000327. The van der Waals surface area contributed by atoms with E-state index in [1.54, 1.807) is 0 Å². The molecule has 0 amide bonds. The molecule has 104 valence electrons. The van der Waals surface area contributed by atoms with E-state index in [1.807, 2.05) is 39.0 Å². The number of alkyl halides is 1. The highest BCUT2D eigenvalue weighted by Gasteiger charge is 2.07. The lowest BCUT2D eigenvalue weighted by molar-refractivity contribution is 0.176. The molecule has 0 heterocycles. The summed E-state index contributed by atoms with van der Waals surface area (Å²) >= 11 is 3.36. The van der Waals surface area contributed by atoms with Crippen LogP contribution in [0.15, 0.2) is 30.3 Å². The topological polar surface area (TPSA) is 27.7 Å². The van der Waals surface area contributed by atoms with E-state index >= 15 is 0 Å². The summed E-state index contributed by atoms with van der Waals surface area (Å²) in [5, 5.41) is 0.952. The molecule has 3 nitrogen and oxygen atoms in total. The lowest BCUT2D eigenvalue weighted by Gasteiger charge is -2.12. The first-order chi connectivity index (χ1) is 8.78. The molecule has 0 N–H and O–H groups in total. The third-order valence-electron chi connectivity index (χ3n) is 1.70. The van der Waals surface area contributed by atoms with Crippen LogP contribution in [0.4, 0.5) is 0 Å². The monoisotopic (exact) mass is 336 g/mol. The summed E-state index contributed by atoms with van der Waals surface area (Å²) in [6.45, 7) is 7.71. The molecule has 0 aliphatic rings. The first-order valence-corrected chi connectivity index (χ1v) is 8.28. The fourth-order valence-corrected chi connectivity index (χ4v) is 2.23. The van der Waals surface area contributed by atoms with Crippen LogP contribution in [-0.2, 0) is 18.9 Å². The normalized spacial score (nSPS) is 10.1. The lowest BCUT2D eigenvalue weighted by Crippen LogP contribution is -1.94. The number of rotatable bonds is 7. The van der Waals surface area contributed by atoms with Crippen LogP contribution in [0.5, 0.6) is 0 Å². The summed E-state index contributed by atoms with van der Waals surface area (Å²) in [5.41, 5.74) is 1.33. The Hall–Kier alpha value is 0.01000. The van der Waals surface area contributed by atoms with E-state index in [0.717, 1.165) is 5.33 Å². The first kappa shape index (κ1) is 18.0. The van der Waals surface area contributed by atoms with Crippen LogP contribution in [0.25, 0.3) is 0 Å². The van der Waals surface area contributed by atoms with E-state index in [2.05, 4.69) is 28.1 Å². The van der Waals surface area contributed by atoms with Crippen molar-refractivity contribution in [2.75, 3.05) is 19.8 Å². The van der Waals surface area contributed by atoms with Crippen molar-refractivity contribution in [3.8, 4) is 0 Å². The second-order valence-corrected chi connectivity index (χ2v) is 4.88. The summed E-state index contributed by atoms with van der Waals surface area (Å²) in [6.07, 6.45) is 0. The quantitative estimate of drug-likeness (QED) is 0.523. The fraction of sp³-hybridized carbons (Fsp3) is 0.538. The van der Waals surface area contributed by atoms with Crippen molar-refractivity contribution in [2.45, 2.75) is 26.1 Å². The van der Waals surface area contributed by atoms with Gasteiger partial charge in [-0.1, -0.05) is 46.3 Å². The van der Waals surface area contributed by atoms with Crippen molar-refractivity contribution in [3.63, 3.8) is 0 Å². The van der Waals surface area contributed by atoms with E-state index in [4.69, 9.17) is 13.6 Å². The lowest BCUT2D eigenvalue weighted by atomic mass is 10.2. The Labute approximate surface area is 120 Å². The van der Waals surface area contributed by atoms with Gasteiger partial charge in [-0.05, 0) is 26.3 Å². The van der Waals surface area contributed by atoms with Gasteiger partial charge in [-0.15, -0.1) is 0 Å². The highest BCUT2D eigenvalue weighted by molar-refractivity contribution is 9.08. The summed E-state index contributed by atoms with van der Waals surface area (Å²) in [4.78, 5) is 0. The minimum absolute atomic E-state index is 0.645. The average Bonchev–Trinajstić information content (AvgIpc) is 2.41. The Bertz CT molecular complexity index is 258. The number of halogens is 1. The molecule has 1 aromatic rings. The van der Waals surface area contributed by atoms with Crippen LogP contribution in [0.2, 0.25) is 0 Å². The van der Waals surface area contributed by atoms with Crippen molar-refractivity contribution in [1.29, 1.82) is 0 Å². The van der Waals surface area contributed by atoms with Crippen molar-refractivity contribution < 1.29 is 13.6 Å². The Morgan fingerprint density at radius 2 is 1.33 bits per heavy atom. The van der Waals surface area contributed by atoms with Crippen LogP contribution < -0.4 is 0 Å². The maximum absolute atomic E-state index is 5.14. The molecular weight excluding hydrogens is 315 g/mol. The zero-order valence-electron chi connectivity index (χ0n) is 11.3. The molecule has 0 bridgehead atoms. The zero-order valence-corrected chi connectivity index (χ0v) is 13.7. The van der Waals surface area contributed by atoms with Crippen LogP contribution in [-0.4, -0.2) is 19.8 Å². The number of hydrogen-bond acceptors (Lipinski definition) is 3. The fourth-order valence-electron chi connectivity index (χ4n) is 0.995. The van der Waals surface area contributed by atoms with Crippen LogP contribution in [0.1, 0.15) is 26.3 Å². The molecule has 0 unspecified atom stereocenters. The maximum atomic E-state index is 5.14. The Morgan fingerprint density at radius 1 is 0.889 bits per heavy atom. The van der Waals surface area contributed by atoms with E-state index < -0.39 is 8.60 Å². The second kappa shape index (κ2) is 13.4. The second-order valence-electron chi connectivity index (χ2n) is 3.10. The van der Waals surface area contributed by atoms with Crippen molar-refractivity contribution in [3.05, 3.63) is 35.9 Å². The van der Waals surface area contributed by atoms with E-state index in [0.29, 0.717) is 19.8 Å². The van der Waals surface area contributed by atoms with Crippen molar-refractivity contribution in [1.82, 2.24) is 0 Å². The highest BCUT2D eigenvalue weighted by Crippen LogP contribution is 2.38. The van der Waals surface area contributed by atoms with Crippen molar-refractivity contribution in [2.24, 2.45) is 0 Å². The molecule has 0 fully saturated rings. The molecule has 18 heavy (non-hydrogen) atoms. The summed E-state index contributed by atoms with van der Waals surface area (Å²) < 4.78 is 15.4. The number of hydrogen-bond donors (Lipinski definition) is 0. The molecule has 0 saturated heterocycles. The molecule has 0 atom stereocenters. The van der Waals surface area contributed by atoms with Gasteiger partial charge < -0.3 is 13.6 Å². The van der Waals surface area contributed by atoms with E-state index in [1.165, 1.54) is 5.56 Å². The van der Waals surface area contributed by atoms with Crippen molar-refractivity contribution >= 4 is 24.5 Å². The summed E-state index contributed by atoms with van der Waals surface area (Å²) in [7, 11) is -1.06. The standard InChI is InChI=1S/C7H7Br.C6H15O3P/c8-6-7-4-2-1-3-5-7;1-4-7-10(8-5-2)9-6-3/h1-5H,6H2;4-6H2,1-3H3. The minimum atomic E-state index is -1.06. The van der Waals surface area contributed by atoms with Gasteiger partial charge in [-0.2, -0.15) is 0 Å². The van der Waals surface area contributed by atoms with Gasteiger partial charge in [0.2, 0.25) is 0 Å². The third-order valence-corrected chi connectivity index (χ3v) is 3.76. The van der Waals surface area contributed by atoms with Gasteiger partial charge in [-0.25, -0.2) is 0 Å². The van der Waals surface area contributed by atoms with Gasteiger partial charge in [0, 0.05) is 5.33 Å². The van der Waals surface area contributed by atoms with Crippen LogP contribution in [0.3, 0.4) is 0 Å². The minimum Gasteiger partial charge on any atom is -0.313 e. The molecule has 0 aromatic heterocycles. The van der Waals surface area contributed by atoms with Gasteiger partial charge >= 0.3 is 8.60 Å². The molecule has 1 rings (SSSR count). The molecule has 0 spiro atoms. The third kappa shape index (κ3) is 9.98. The van der Waals surface area contributed by atoms with E-state index in [9.17, 15) is 0 Å². The summed E-state index contributed by atoms with van der Waals surface area (Å²) in [5.74, 6) is 0. The first-order valence-electron chi connectivity index (χ1n) is 6.07. The molecular formula is C13H22BrO3P. The molecule has 0 saturated carbocycles. The SMILES string of the molecule is BrCc1ccccc1.CCOP(OCC)OCC. The average molecular weight is 337 g/mol. The largest absolute Gasteiger partial charge is 0.332 e. The van der Waals surface area contributed by atoms with E-state index in [-0.39, 0.29) is 0 Å². The van der Waals surface area contributed by atoms with Gasteiger partial charge in [0.15, 0.2) is 0 Å². The smallest absolute Gasteiger partial charge is 0.313 e. The van der Waals surface area contributed by atoms with Crippen LogP contribution >= 0.6 is 24.5 Å². The predicted molar refractivity (Wildman–Crippen MR) is 80.9 cm³/mol. The van der Waals surface area contributed by atoms with Crippen LogP contribution in [0, 0.1) is 0 Å². The molecule has 0 aliphatic carbocycles. The molecule has 0 radical (unpaired) electrons. The van der Waals surface area contributed by atoms with Gasteiger partial charge in [0.25, 0.3) is 0 Å². The molecule has 5 heteroatoms. The Morgan fingerprint density at radius 3 is 1.61 bits per heavy atom. The molecule has 1 aromatic carbocycles. The molecule has 0 aliphatic heterocycles. The Kier molecular flexibility index (Phi) is 13.4. The van der Waals surface area contributed by atoms with Gasteiger partial charge in [-0.3, -0.25) is 0 Å². The number of benzene rings is 1. The highest BCUT2D eigenvalue weighted by atomic mass is 79.9. The predicted octanol–water partition coefficient (Wildman–Crippen LogP) is 4.90. The van der Waals surface area contributed by atoms with Gasteiger partial charge in [0.05, 0.1) is 19.8 Å².